The minimum Gasteiger partial charge on any atom is -0.383 e. The van der Waals surface area contributed by atoms with E-state index in [2.05, 4.69) is 20.7 Å². The van der Waals surface area contributed by atoms with E-state index < -0.39 is 15.8 Å². The number of nitrogens with one attached hydrogen (secondary N) is 1. The minimum absolute atomic E-state index is 0.0287. The molecule has 0 saturated carbocycles. The van der Waals surface area contributed by atoms with Crippen LogP contribution in [0.15, 0.2) is 29.2 Å². The number of methoxy groups -OCH3 is 1. The SMILES string of the molecule is COCC(CBr)NS(=O)(=O)c1ccc(F)cc1. The molecule has 1 unspecified atom stereocenters. The second kappa shape index (κ2) is 6.44. The highest BCUT2D eigenvalue weighted by Gasteiger charge is 2.19. The molecule has 1 N–H and O–H groups in total. The second-order valence-electron chi connectivity index (χ2n) is 3.38. The van der Waals surface area contributed by atoms with E-state index in [1.165, 1.54) is 19.2 Å². The van der Waals surface area contributed by atoms with Crippen molar-refractivity contribution in [2.45, 2.75) is 10.9 Å². The van der Waals surface area contributed by atoms with Crippen LogP contribution in [0.25, 0.3) is 0 Å². The lowest BCUT2D eigenvalue weighted by molar-refractivity contribution is 0.182. The van der Waals surface area contributed by atoms with Crippen LogP contribution in [0.4, 0.5) is 4.39 Å². The third-order valence-corrected chi connectivity index (χ3v) is 4.32. The van der Waals surface area contributed by atoms with Gasteiger partial charge in [-0.3, -0.25) is 0 Å². The Hall–Kier alpha value is -0.500. The Morgan fingerprint density at radius 1 is 1.41 bits per heavy atom. The molecule has 4 nitrogen and oxygen atoms in total. The van der Waals surface area contributed by atoms with E-state index in [9.17, 15) is 12.8 Å². The van der Waals surface area contributed by atoms with Crippen LogP contribution < -0.4 is 4.72 Å². The quantitative estimate of drug-likeness (QED) is 0.807. The predicted molar refractivity (Wildman–Crippen MR) is 66.2 cm³/mol. The molecule has 0 radical (unpaired) electrons. The van der Waals surface area contributed by atoms with Gasteiger partial charge in [0.25, 0.3) is 0 Å². The van der Waals surface area contributed by atoms with E-state index in [0.29, 0.717) is 5.33 Å². The summed E-state index contributed by atoms with van der Waals surface area (Å²) in [5, 5.41) is 0.432. The summed E-state index contributed by atoms with van der Waals surface area (Å²) in [7, 11) is -2.15. The van der Waals surface area contributed by atoms with Gasteiger partial charge < -0.3 is 4.74 Å². The Bertz CT molecular complexity index is 449. The zero-order valence-corrected chi connectivity index (χ0v) is 11.6. The molecule has 17 heavy (non-hydrogen) atoms. The maximum Gasteiger partial charge on any atom is 0.240 e. The molecule has 0 amide bonds. The first-order chi connectivity index (χ1) is 7.99. The number of benzene rings is 1. The molecule has 0 fully saturated rings. The highest BCUT2D eigenvalue weighted by Crippen LogP contribution is 2.10. The van der Waals surface area contributed by atoms with Crippen molar-refractivity contribution < 1.29 is 17.5 Å². The summed E-state index contributed by atoms with van der Waals surface area (Å²) in [6, 6.07) is 4.28. The number of hydrogen-bond acceptors (Lipinski definition) is 3. The summed E-state index contributed by atoms with van der Waals surface area (Å²) in [5.74, 6) is -0.474. The van der Waals surface area contributed by atoms with E-state index >= 15 is 0 Å². The van der Waals surface area contributed by atoms with Crippen LogP contribution in [0.2, 0.25) is 0 Å². The van der Waals surface area contributed by atoms with Crippen molar-refractivity contribution >= 4 is 26.0 Å². The molecule has 96 valence electrons. The molecule has 0 aliphatic carbocycles. The van der Waals surface area contributed by atoms with Gasteiger partial charge in [0.05, 0.1) is 17.5 Å². The molecule has 0 spiro atoms. The van der Waals surface area contributed by atoms with Crippen molar-refractivity contribution in [2.75, 3.05) is 19.0 Å². The zero-order valence-electron chi connectivity index (χ0n) is 9.19. The minimum atomic E-state index is -3.64. The van der Waals surface area contributed by atoms with Gasteiger partial charge in [-0.25, -0.2) is 17.5 Å². The van der Waals surface area contributed by atoms with Crippen LogP contribution in [0.1, 0.15) is 0 Å². The summed E-state index contributed by atoms with van der Waals surface area (Å²) in [5.41, 5.74) is 0. The van der Waals surface area contributed by atoms with Gasteiger partial charge in [0.1, 0.15) is 5.82 Å². The predicted octanol–water partition coefficient (Wildman–Crippen LogP) is 1.51. The summed E-state index contributed by atoms with van der Waals surface area (Å²) < 4.78 is 43.8. The number of sulfonamides is 1. The zero-order chi connectivity index (χ0) is 12.9. The van der Waals surface area contributed by atoms with Gasteiger partial charge in [-0.05, 0) is 24.3 Å². The van der Waals surface area contributed by atoms with Crippen molar-refractivity contribution in [3.63, 3.8) is 0 Å². The van der Waals surface area contributed by atoms with Crippen LogP contribution >= 0.6 is 15.9 Å². The van der Waals surface area contributed by atoms with Crippen LogP contribution in [-0.4, -0.2) is 33.5 Å². The first-order valence-electron chi connectivity index (χ1n) is 4.82. The third-order valence-electron chi connectivity index (χ3n) is 2.00. The standard InChI is InChI=1S/C10H13BrFNO3S/c1-16-7-9(6-11)13-17(14,15)10-4-2-8(12)3-5-10/h2-5,9,13H,6-7H2,1H3. The molecular weight excluding hydrogens is 313 g/mol. The third kappa shape index (κ3) is 4.34. The highest BCUT2D eigenvalue weighted by atomic mass is 79.9. The Morgan fingerprint density at radius 2 is 2.00 bits per heavy atom. The summed E-state index contributed by atoms with van der Waals surface area (Å²) in [4.78, 5) is 0.0287. The van der Waals surface area contributed by atoms with Gasteiger partial charge in [-0.1, -0.05) is 15.9 Å². The molecular formula is C10H13BrFNO3S. The highest BCUT2D eigenvalue weighted by molar-refractivity contribution is 9.09. The average Bonchev–Trinajstić information content (AvgIpc) is 2.28. The van der Waals surface area contributed by atoms with E-state index in [-0.39, 0.29) is 17.5 Å². The number of ether oxygens (including phenoxy) is 1. The van der Waals surface area contributed by atoms with Crippen LogP contribution in [0.5, 0.6) is 0 Å². The Balaban J connectivity index is 2.84. The lowest BCUT2D eigenvalue weighted by Crippen LogP contribution is -2.39. The second-order valence-corrected chi connectivity index (χ2v) is 5.74. The largest absolute Gasteiger partial charge is 0.383 e. The number of hydrogen-bond donors (Lipinski definition) is 1. The number of alkyl halides is 1. The molecule has 1 rings (SSSR count). The Labute approximate surface area is 108 Å². The van der Waals surface area contributed by atoms with Gasteiger partial charge in [-0.15, -0.1) is 0 Å². The number of halogens is 2. The molecule has 1 atom stereocenters. The van der Waals surface area contributed by atoms with Crippen molar-refractivity contribution in [1.29, 1.82) is 0 Å². The van der Waals surface area contributed by atoms with Gasteiger partial charge in [0.15, 0.2) is 0 Å². The van der Waals surface area contributed by atoms with Crippen molar-refractivity contribution in [2.24, 2.45) is 0 Å². The Kier molecular flexibility index (Phi) is 5.51. The lowest BCUT2D eigenvalue weighted by atomic mass is 10.4. The fourth-order valence-electron chi connectivity index (χ4n) is 1.21. The first kappa shape index (κ1) is 14.6. The molecule has 7 heteroatoms. The molecule has 0 saturated heterocycles. The number of rotatable bonds is 6. The first-order valence-corrected chi connectivity index (χ1v) is 7.43. The molecule has 0 aromatic heterocycles. The summed E-state index contributed by atoms with van der Waals surface area (Å²) in [6.45, 7) is 0.256. The van der Waals surface area contributed by atoms with E-state index in [1.54, 1.807) is 0 Å². The maximum atomic E-state index is 12.7. The molecule has 1 aromatic carbocycles. The van der Waals surface area contributed by atoms with Crippen molar-refractivity contribution in [3.05, 3.63) is 30.1 Å². The topological polar surface area (TPSA) is 55.4 Å². The van der Waals surface area contributed by atoms with Crippen molar-refractivity contribution in [3.8, 4) is 0 Å². The maximum absolute atomic E-state index is 12.7. The van der Waals surface area contributed by atoms with E-state index in [0.717, 1.165) is 12.1 Å². The van der Waals surface area contributed by atoms with Gasteiger partial charge in [-0.2, -0.15) is 0 Å². The molecule has 0 aliphatic heterocycles. The lowest BCUT2D eigenvalue weighted by Gasteiger charge is -2.15. The summed E-state index contributed by atoms with van der Waals surface area (Å²) in [6.07, 6.45) is 0. The normalized spacial score (nSPS) is 13.6. The molecule has 0 bridgehead atoms. The van der Waals surface area contributed by atoms with E-state index in [1.807, 2.05) is 0 Å². The van der Waals surface area contributed by atoms with Crippen LogP contribution in [-0.2, 0) is 14.8 Å². The van der Waals surface area contributed by atoms with Gasteiger partial charge >= 0.3 is 0 Å². The molecule has 0 aliphatic rings. The van der Waals surface area contributed by atoms with Gasteiger partial charge in [0, 0.05) is 12.4 Å². The van der Waals surface area contributed by atoms with Crippen LogP contribution in [0.3, 0.4) is 0 Å². The van der Waals surface area contributed by atoms with Gasteiger partial charge in [0.2, 0.25) is 10.0 Å². The fraction of sp³-hybridized carbons (Fsp3) is 0.400. The molecule has 0 heterocycles. The monoisotopic (exact) mass is 325 g/mol. The Morgan fingerprint density at radius 3 is 2.47 bits per heavy atom. The summed E-state index contributed by atoms with van der Waals surface area (Å²) >= 11 is 3.19. The van der Waals surface area contributed by atoms with Crippen molar-refractivity contribution in [1.82, 2.24) is 4.72 Å². The fourth-order valence-corrected chi connectivity index (χ4v) is 3.00. The van der Waals surface area contributed by atoms with Crippen LogP contribution in [0, 0.1) is 5.82 Å². The molecule has 1 aromatic rings. The smallest absolute Gasteiger partial charge is 0.240 e. The van der Waals surface area contributed by atoms with E-state index in [4.69, 9.17) is 4.74 Å². The average molecular weight is 326 g/mol.